The van der Waals surface area contributed by atoms with E-state index in [-0.39, 0.29) is 42.3 Å². The number of carbonyl (C=O) groups is 2. The van der Waals surface area contributed by atoms with Crippen LogP contribution in [0.4, 0.5) is 18.9 Å². The summed E-state index contributed by atoms with van der Waals surface area (Å²) in [4.78, 5) is 23.4. The number of nitrogens with one attached hydrogen (secondary N) is 1. The Morgan fingerprint density at radius 2 is 1.94 bits per heavy atom. The molecule has 7 nitrogen and oxygen atoms in total. The highest BCUT2D eigenvalue weighted by Gasteiger charge is 2.56. The first-order valence-corrected chi connectivity index (χ1v) is 13.0. The lowest BCUT2D eigenvalue weighted by Gasteiger charge is -2.49. The maximum Gasteiger partial charge on any atom is 0.534 e. The quantitative estimate of drug-likeness (QED) is 0.332. The first-order valence-electron chi connectivity index (χ1n) is 11.6. The summed E-state index contributed by atoms with van der Waals surface area (Å²) in [6, 6.07) is 5.74. The second kappa shape index (κ2) is 9.15. The molecule has 0 bridgehead atoms. The number of carbonyl (C=O) groups excluding carboxylic acids is 2. The molecule has 0 saturated heterocycles. The van der Waals surface area contributed by atoms with Crippen molar-refractivity contribution in [1.82, 2.24) is 0 Å². The lowest BCUT2D eigenvalue weighted by Crippen LogP contribution is -2.42. The van der Waals surface area contributed by atoms with Crippen LogP contribution in [0.2, 0.25) is 0 Å². The number of esters is 1. The number of allylic oxidation sites excluding steroid dienone is 2. The maximum atomic E-state index is 12.9. The van der Waals surface area contributed by atoms with Crippen molar-refractivity contribution in [1.29, 1.82) is 0 Å². The molecule has 192 valence electrons. The van der Waals surface area contributed by atoms with Crippen molar-refractivity contribution in [2.75, 3.05) is 12.4 Å². The number of amides is 1. The van der Waals surface area contributed by atoms with Gasteiger partial charge in [-0.2, -0.15) is 21.6 Å². The highest BCUT2D eigenvalue weighted by molar-refractivity contribution is 7.87. The lowest BCUT2D eigenvalue weighted by molar-refractivity contribution is -0.141. The molecule has 1 aromatic carbocycles. The van der Waals surface area contributed by atoms with Crippen molar-refractivity contribution < 1.29 is 40.1 Å². The van der Waals surface area contributed by atoms with Crippen molar-refractivity contribution in [3.63, 3.8) is 0 Å². The summed E-state index contributed by atoms with van der Waals surface area (Å²) in [5.41, 5.74) is -3.30. The average molecular weight is 516 g/mol. The zero-order valence-electron chi connectivity index (χ0n) is 19.5. The molecule has 0 spiro atoms. The number of ether oxygens (including phenoxy) is 1. The number of anilines is 1. The van der Waals surface area contributed by atoms with Gasteiger partial charge in [-0.1, -0.05) is 13.0 Å². The third kappa shape index (κ3) is 4.79. The van der Waals surface area contributed by atoms with E-state index in [1.54, 1.807) is 6.92 Å². The SMILES string of the molecule is COC(=O)CCC(=O)Nc1ccc2c(c1)CCC1C2CC[C@]2(C)C(OS(=O)(=O)C(F)(F)F)=CCC12. The summed E-state index contributed by atoms with van der Waals surface area (Å²) in [5, 5.41) is 2.81. The van der Waals surface area contributed by atoms with E-state index < -0.39 is 27.0 Å². The summed E-state index contributed by atoms with van der Waals surface area (Å²) in [5.74, 6) is -0.442. The monoisotopic (exact) mass is 515 g/mol. The molecule has 0 aliphatic heterocycles. The Morgan fingerprint density at radius 3 is 2.63 bits per heavy atom. The van der Waals surface area contributed by atoms with E-state index in [0.717, 1.165) is 24.0 Å². The minimum atomic E-state index is -5.70. The number of rotatable bonds is 6. The Hall–Kier alpha value is -2.56. The van der Waals surface area contributed by atoms with Crippen LogP contribution in [0.1, 0.15) is 62.5 Å². The fourth-order valence-electron chi connectivity index (χ4n) is 6.02. The van der Waals surface area contributed by atoms with Crippen molar-refractivity contribution in [3.05, 3.63) is 41.2 Å². The molecule has 1 N–H and O–H groups in total. The Bertz CT molecular complexity index is 1160. The van der Waals surface area contributed by atoms with E-state index in [1.807, 2.05) is 18.2 Å². The predicted octanol–water partition coefficient (Wildman–Crippen LogP) is 4.79. The smallest absolute Gasteiger partial charge is 0.469 e. The van der Waals surface area contributed by atoms with E-state index in [1.165, 1.54) is 13.2 Å². The predicted molar refractivity (Wildman–Crippen MR) is 120 cm³/mol. The van der Waals surface area contributed by atoms with Crippen LogP contribution in [0.3, 0.4) is 0 Å². The van der Waals surface area contributed by atoms with Crippen LogP contribution >= 0.6 is 0 Å². The van der Waals surface area contributed by atoms with Gasteiger partial charge in [0.15, 0.2) is 0 Å². The number of methoxy groups -OCH3 is 1. The fraction of sp³-hybridized carbons (Fsp3) is 0.583. The highest BCUT2D eigenvalue weighted by atomic mass is 32.2. The van der Waals surface area contributed by atoms with Crippen LogP contribution in [0, 0.1) is 17.3 Å². The van der Waals surface area contributed by atoms with E-state index in [4.69, 9.17) is 0 Å². The summed E-state index contributed by atoms with van der Waals surface area (Å²) >= 11 is 0. The molecule has 1 aromatic rings. The second-order valence-corrected chi connectivity index (χ2v) is 11.2. The number of aryl methyl sites for hydroxylation is 1. The first kappa shape index (κ1) is 25.5. The molecule has 3 aliphatic rings. The molecule has 3 aliphatic carbocycles. The molecule has 1 amide bonds. The van der Waals surface area contributed by atoms with Gasteiger partial charge in [-0.25, -0.2) is 0 Å². The summed E-state index contributed by atoms with van der Waals surface area (Å²) in [6.07, 6.45) is 4.78. The Morgan fingerprint density at radius 1 is 1.20 bits per heavy atom. The normalized spacial score (nSPS) is 27.7. The number of halogens is 3. The molecule has 11 heteroatoms. The number of benzene rings is 1. The van der Waals surface area contributed by atoms with Gasteiger partial charge in [-0.15, -0.1) is 0 Å². The van der Waals surface area contributed by atoms with Gasteiger partial charge < -0.3 is 14.2 Å². The third-order valence-corrected chi connectivity index (χ3v) is 8.75. The minimum absolute atomic E-state index is 0.00118. The molecule has 0 aromatic heterocycles. The van der Waals surface area contributed by atoms with Crippen LogP contribution in [-0.2, 0) is 35.0 Å². The van der Waals surface area contributed by atoms with E-state index in [0.29, 0.717) is 24.9 Å². The maximum absolute atomic E-state index is 12.9. The van der Waals surface area contributed by atoms with Crippen LogP contribution in [0.25, 0.3) is 0 Å². The fourth-order valence-corrected chi connectivity index (χ4v) is 6.61. The average Bonchev–Trinajstić information content (AvgIpc) is 3.12. The molecular weight excluding hydrogens is 487 g/mol. The summed E-state index contributed by atoms with van der Waals surface area (Å²) in [7, 11) is -4.43. The Kier molecular flexibility index (Phi) is 6.67. The van der Waals surface area contributed by atoms with Gasteiger partial charge >= 0.3 is 21.6 Å². The second-order valence-electron chi connectivity index (χ2n) is 9.70. The number of alkyl halides is 3. The van der Waals surface area contributed by atoms with Crippen LogP contribution in [0.15, 0.2) is 30.0 Å². The van der Waals surface area contributed by atoms with Crippen molar-refractivity contribution in [2.45, 2.75) is 63.3 Å². The largest absolute Gasteiger partial charge is 0.534 e. The van der Waals surface area contributed by atoms with Crippen LogP contribution in [-0.4, -0.2) is 32.9 Å². The van der Waals surface area contributed by atoms with Crippen LogP contribution < -0.4 is 5.32 Å². The number of fused-ring (bicyclic) bond motifs is 5. The van der Waals surface area contributed by atoms with Crippen molar-refractivity contribution >= 4 is 27.7 Å². The summed E-state index contributed by atoms with van der Waals surface area (Å²) in [6.45, 7) is 1.81. The molecule has 4 rings (SSSR count). The molecule has 4 atom stereocenters. The zero-order valence-corrected chi connectivity index (χ0v) is 20.3. The lowest BCUT2D eigenvalue weighted by atomic mass is 9.55. The van der Waals surface area contributed by atoms with Crippen LogP contribution in [0.5, 0.6) is 0 Å². The molecular formula is C24H28F3NO6S. The molecule has 3 unspecified atom stereocenters. The minimum Gasteiger partial charge on any atom is -0.469 e. The topological polar surface area (TPSA) is 98.8 Å². The van der Waals surface area contributed by atoms with Crippen molar-refractivity contribution in [2.24, 2.45) is 17.3 Å². The van der Waals surface area contributed by atoms with Gasteiger partial charge in [0, 0.05) is 17.5 Å². The van der Waals surface area contributed by atoms with E-state index in [2.05, 4.69) is 14.2 Å². The standard InChI is InChI=1S/C24H28F3NO6S/c1-23-12-11-17-16-6-4-15(28-21(29)9-10-22(30)33-2)13-14(16)3-5-18(17)19(23)7-8-20(23)34-35(31,32)24(25,26)27/h4,6,8,13,17-19H,3,5,7,9-12H2,1-2H3,(H,28,29)/t17?,18?,19?,23-/m0/s1. The molecule has 1 fully saturated rings. The number of hydrogen-bond acceptors (Lipinski definition) is 6. The first-order chi connectivity index (χ1) is 16.4. The van der Waals surface area contributed by atoms with Gasteiger partial charge in [0.05, 0.1) is 13.5 Å². The van der Waals surface area contributed by atoms with Gasteiger partial charge in [0.1, 0.15) is 5.76 Å². The van der Waals surface area contributed by atoms with Gasteiger partial charge in [-0.3, -0.25) is 9.59 Å². The van der Waals surface area contributed by atoms with Gasteiger partial charge in [0.2, 0.25) is 5.91 Å². The summed E-state index contributed by atoms with van der Waals surface area (Å²) < 4.78 is 71.1. The van der Waals surface area contributed by atoms with Gasteiger partial charge in [0.25, 0.3) is 0 Å². The van der Waals surface area contributed by atoms with E-state index >= 15 is 0 Å². The highest BCUT2D eigenvalue weighted by Crippen LogP contribution is 2.61. The zero-order chi connectivity index (χ0) is 25.6. The van der Waals surface area contributed by atoms with Crippen molar-refractivity contribution in [3.8, 4) is 0 Å². The third-order valence-electron chi connectivity index (χ3n) is 7.79. The Balaban J connectivity index is 1.46. The van der Waals surface area contributed by atoms with Gasteiger partial charge in [-0.05, 0) is 79.2 Å². The number of hydrogen-bond donors (Lipinski definition) is 1. The molecule has 35 heavy (non-hydrogen) atoms. The Labute approximate surface area is 202 Å². The molecule has 1 saturated carbocycles. The van der Waals surface area contributed by atoms with E-state index in [9.17, 15) is 31.2 Å². The molecule has 0 radical (unpaired) electrons. The molecule has 0 heterocycles.